The number of pyridine rings is 2. The summed E-state index contributed by atoms with van der Waals surface area (Å²) < 4.78 is 90.3. The number of halogens is 6. The van der Waals surface area contributed by atoms with Gasteiger partial charge in [0.25, 0.3) is 0 Å². The van der Waals surface area contributed by atoms with Gasteiger partial charge >= 0.3 is 6.18 Å². The first-order valence-electron chi connectivity index (χ1n) is 10.4. The van der Waals surface area contributed by atoms with Gasteiger partial charge in [-0.1, -0.05) is 6.07 Å². The van der Waals surface area contributed by atoms with Crippen LogP contribution in [-0.2, 0) is 16.8 Å². The highest BCUT2D eigenvalue weighted by Gasteiger charge is 2.58. The first-order chi connectivity index (χ1) is 16.1. The van der Waals surface area contributed by atoms with Crippen molar-refractivity contribution in [1.82, 2.24) is 9.97 Å². The zero-order chi connectivity index (χ0) is 24.5. The van der Waals surface area contributed by atoms with Crippen LogP contribution in [-0.4, -0.2) is 28.5 Å². The Morgan fingerprint density at radius 3 is 2.38 bits per heavy atom. The van der Waals surface area contributed by atoms with Crippen molar-refractivity contribution in [2.75, 3.05) is 6.61 Å². The number of Topliss-reactive ketones (excluding diaryl/α,β-unsaturated/α-hetero) is 1. The molecule has 1 aromatic carbocycles. The molecule has 2 aromatic heterocycles. The maximum atomic E-state index is 14.3. The summed E-state index contributed by atoms with van der Waals surface area (Å²) in [4.78, 5) is 20.6. The summed E-state index contributed by atoms with van der Waals surface area (Å²) >= 11 is 0. The van der Waals surface area contributed by atoms with E-state index in [-0.39, 0.29) is 36.3 Å². The zero-order valence-electron chi connectivity index (χ0n) is 17.6. The van der Waals surface area contributed by atoms with Crippen molar-refractivity contribution in [2.24, 2.45) is 0 Å². The van der Waals surface area contributed by atoms with Crippen LogP contribution in [0.3, 0.4) is 0 Å². The van der Waals surface area contributed by atoms with Crippen LogP contribution < -0.4 is 0 Å². The summed E-state index contributed by atoms with van der Waals surface area (Å²) in [5.74, 6) is -3.99. The predicted molar refractivity (Wildman–Crippen MR) is 109 cm³/mol. The average Bonchev–Trinajstić information content (AvgIpc) is 2.80. The molecule has 34 heavy (non-hydrogen) atoms. The summed E-state index contributed by atoms with van der Waals surface area (Å²) in [5.41, 5.74) is -4.67. The number of nitrogens with zero attached hydrogens (tertiary/aromatic N) is 2. The Morgan fingerprint density at radius 1 is 1.00 bits per heavy atom. The van der Waals surface area contributed by atoms with Crippen molar-refractivity contribution in [3.63, 3.8) is 0 Å². The van der Waals surface area contributed by atoms with Gasteiger partial charge < -0.3 is 4.74 Å². The van der Waals surface area contributed by atoms with E-state index in [9.17, 15) is 31.1 Å². The van der Waals surface area contributed by atoms with E-state index in [2.05, 4.69) is 9.97 Å². The number of hydrogen-bond acceptors (Lipinski definition) is 4. The maximum absolute atomic E-state index is 14.3. The zero-order valence-corrected chi connectivity index (χ0v) is 17.6. The molecule has 0 bridgehead atoms. The fourth-order valence-corrected chi connectivity index (χ4v) is 4.11. The number of carbonyl (C=O) groups is 1. The molecule has 1 atom stereocenters. The lowest BCUT2D eigenvalue weighted by Gasteiger charge is -2.40. The predicted octanol–water partition coefficient (Wildman–Crippen LogP) is 5.94. The van der Waals surface area contributed by atoms with E-state index in [1.807, 2.05) is 0 Å². The minimum absolute atomic E-state index is 0.0310. The van der Waals surface area contributed by atoms with Crippen LogP contribution in [0.5, 0.6) is 0 Å². The molecular weight excluding hydrogens is 462 g/mol. The highest BCUT2D eigenvalue weighted by atomic mass is 19.4. The minimum atomic E-state index is -4.74. The Labute approximate surface area is 190 Å². The quantitative estimate of drug-likeness (QED) is 0.335. The number of ketones is 1. The van der Waals surface area contributed by atoms with E-state index >= 15 is 0 Å². The standard InChI is InChI=1S/C24H18F6N2O2/c25-16-4-3-5-17(26)21(16)22-18(27)6-7-19(32-22)20(33)12-14-13-31-10-8-15(14)23(24(28,29)30)9-1-2-11-34-23/h3-8,10,13H,1-2,9,11-12H2/t23-/m1/s1. The number of ether oxygens (including phenoxy) is 1. The topological polar surface area (TPSA) is 52.1 Å². The SMILES string of the molecule is O=C(Cc1cnccc1[C@@]1(C(F)(F)F)CCCCO1)c1ccc(F)c(-c2c(F)cccc2F)n1. The molecule has 178 valence electrons. The van der Waals surface area contributed by atoms with Gasteiger partial charge in [0, 0.05) is 25.4 Å². The summed E-state index contributed by atoms with van der Waals surface area (Å²) in [6.45, 7) is -0.0910. The Hall–Kier alpha value is -3.27. The van der Waals surface area contributed by atoms with Gasteiger partial charge in [-0.2, -0.15) is 13.2 Å². The van der Waals surface area contributed by atoms with Crippen molar-refractivity contribution in [3.8, 4) is 11.3 Å². The molecule has 0 unspecified atom stereocenters. The lowest BCUT2D eigenvalue weighted by molar-refractivity contribution is -0.297. The third-order valence-electron chi connectivity index (χ3n) is 5.75. The number of alkyl halides is 3. The second kappa shape index (κ2) is 9.17. The van der Waals surface area contributed by atoms with Gasteiger partial charge in [0.05, 0.1) is 5.56 Å². The molecule has 0 aliphatic carbocycles. The maximum Gasteiger partial charge on any atom is 0.421 e. The van der Waals surface area contributed by atoms with Crippen LogP contribution >= 0.6 is 0 Å². The molecule has 0 saturated carbocycles. The van der Waals surface area contributed by atoms with E-state index in [1.165, 1.54) is 12.3 Å². The molecule has 1 aliphatic rings. The Bertz CT molecular complexity index is 1200. The molecule has 1 aliphatic heterocycles. The third kappa shape index (κ3) is 4.29. The van der Waals surface area contributed by atoms with Crippen molar-refractivity contribution in [2.45, 2.75) is 37.5 Å². The molecule has 0 spiro atoms. The molecule has 10 heteroatoms. The minimum Gasteiger partial charge on any atom is -0.361 e. The molecule has 4 rings (SSSR count). The van der Waals surface area contributed by atoms with Gasteiger partial charge in [0.2, 0.25) is 0 Å². The highest BCUT2D eigenvalue weighted by Crippen LogP contribution is 2.49. The van der Waals surface area contributed by atoms with Crippen LogP contribution in [0.15, 0.2) is 48.8 Å². The molecule has 0 radical (unpaired) electrons. The largest absolute Gasteiger partial charge is 0.421 e. The van der Waals surface area contributed by atoms with Crippen LogP contribution in [0.2, 0.25) is 0 Å². The van der Waals surface area contributed by atoms with E-state index < -0.39 is 52.7 Å². The van der Waals surface area contributed by atoms with E-state index in [1.54, 1.807) is 0 Å². The number of hydrogen-bond donors (Lipinski definition) is 0. The van der Waals surface area contributed by atoms with E-state index in [0.717, 1.165) is 36.5 Å². The Morgan fingerprint density at radius 2 is 1.74 bits per heavy atom. The van der Waals surface area contributed by atoms with Crippen LogP contribution in [0.4, 0.5) is 26.3 Å². The molecule has 3 heterocycles. The third-order valence-corrected chi connectivity index (χ3v) is 5.75. The van der Waals surface area contributed by atoms with Gasteiger partial charge in [0.1, 0.15) is 28.8 Å². The van der Waals surface area contributed by atoms with E-state index in [0.29, 0.717) is 6.42 Å². The molecule has 4 nitrogen and oxygen atoms in total. The summed E-state index contributed by atoms with van der Waals surface area (Å²) in [5, 5.41) is 0. The van der Waals surface area contributed by atoms with Crippen molar-refractivity contribution in [3.05, 3.63) is 83.1 Å². The normalized spacial score (nSPS) is 18.6. The summed E-state index contributed by atoms with van der Waals surface area (Å²) in [6, 6.07) is 5.92. The molecule has 0 N–H and O–H groups in total. The molecular formula is C24H18F6N2O2. The Balaban J connectivity index is 1.72. The van der Waals surface area contributed by atoms with Gasteiger partial charge in [-0.15, -0.1) is 0 Å². The van der Waals surface area contributed by atoms with Crippen LogP contribution in [0, 0.1) is 17.5 Å². The molecule has 1 fully saturated rings. The van der Waals surface area contributed by atoms with Crippen molar-refractivity contribution in [1.29, 1.82) is 0 Å². The monoisotopic (exact) mass is 480 g/mol. The van der Waals surface area contributed by atoms with Gasteiger partial charge in [-0.05, 0) is 60.7 Å². The van der Waals surface area contributed by atoms with Gasteiger partial charge in [-0.3, -0.25) is 9.78 Å². The average molecular weight is 480 g/mol. The van der Waals surface area contributed by atoms with Crippen LogP contribution in [0.1, 0.15) is 40.9 Å². The fraction of sp³-hybridized carbons (Fsp3) is 0.292. The molecule has 1 saturated heterocycles. The van der Waals surface area contributed by atoms with Crippen molar-refractivity contribution >= 4 is 5.78 Å². The molecule has 3 aromatic rings. The fourth-order valence-electron chi connectivity index (χ4n) is 4.11. The van der Waals surface area contributed by atoms with Gasteiger partial charge in [0.15, 0.2) is 11.4 Å². The lowest BCUT2D eigenvalue weighted by Crippen LogP contribution is -2.47. The molecule has 0 amide bonds. The summed E-state index contributed by atoms with van der Waals surface area (Å²) in [7, 11) is 0. The van der Waals surface area contributed by atoms with Crippen molar-refractivity contribution < 1.29 is 35.9 Å². The summed E-state index contributed by atoms with van der Waals surface area (Å²) in [6.07, 6.45) is -2.52. The number of rotatable bonds is 5. The number of aromatic nitrogens is 2. The first-order valence-corrected chi connectivity index (χ1v) is 10.4. The smallest absolute Gasteiger partial charge is 0.361 e. The Kier molecular flexibility index (Phi) is 6.44. The van der Waals surface area contributed by atoms with Gasteiger partial charge in [-0.25, -0.2) is 18.2 Å². The lowest BCUT2D eigenvalue weighted by atomic mass is 9.82. The highest BCUT2D eigenvalue weighted by molar-refractivity contribution is 5.96. The van der Waals surface area contributed by atoms with E-state index in [4.69, 9.17) is 4.74 Å². The first kappa shape index (κ1) is 23.9. The second-order valence-corrected chi connectivity index (χ2v) is 7.89. The van der Waals surface area contributed by atoms with Crippen LogP contribution in [0.25, 0.3) is 11.3 Å². The number of benzene rings is 1. The second-order valence-electron chi connectivity index (χ2n) is 7.89. The number of carbonyl (C=O) groups excluding carboxylic acids is 1.